The van der Waals surface area contributed by atoms with Gasteiger partial charge in [-0.2, -0.15) is 0 Å². The molecule has 0 radical (unpaired) electrons. The van der Waals surface area contributed by atoms with Gasteiger partial charge in [0.15, 0.2) is 5.78 Å². The Morgan fingerprint density at radius 3 is 2.35 bits per heavy atom. The lowest BCUT2D eigenvalue weighted by atomic mass is 9.74. The van der Waals surface area contributed by atoms with Gasteiger partial charge in [0.05, 0.1) is 16.4 Å². The van der Waals surface area contributed by atoms with Gasteiger partial charge in [-0.25, -0.2) is 0 Å². The van der Waals surface area contributed by atoms with Gasteiger partial charge in [-0.1, -0.05) is 49.9 Å². The van der Waals surface area contributed by atoms with Gasteiger partial charge in [0.1, 0.15) is 4.34 Å². The van der Waals surface area contributed by atoms with Gasteiger partial charge in [0.25, 0.3) is 0 Å². The topological polar surface area (TPSA) is 20.3 Å². The molecule has 2 rings (SSSR count). The van der Waals surface area contributed by atoms with Crippen molar-refractivity contribution in [2.75, 3.05) is 19.6 Å². The minimum atomic E-state index is 0.0821. The van der Waals surface area contributed by atoms with E-state index in [-0.39, 0.29) is 5.78 Å². The van der Waals surface area contributed by atoms with Crippen molar-refractivity contribution in [3.05, 3.63) is 20.3 Å². The fourth-order valence-electron chi connectivity index (χ4n) is 2.96. The van der Waals surface area contributed by atoms with E-state index in [1.54, 1.807) is 6.07 Å². The van der Waals surface area contributed by atoms with Crippen LogP contribution in [0.2, 0.25) is 8.67 Å². The predicted molar refractivity (Wildman–Crippen MR) is 87.4 cm³/mol. The number of nitrogens with zero attached hydrogens (tertiary/aromatic N) is 1. The summed E-state index contributed by atoms with van der Waals surface area (Å²) in [4.78, 5) is 14.5. The zero-order valence-corrected chi connectivity index (χ0v) is 14.4. The Balaban J connectivity index is 1.93. The largest absolute Gasteiger partial charge is 0.296 e. The van der Waals surface area contributed by atoms with Gasteiger partial charge in [-0.3, -0.25) is 9.69 Å². The van der Waals surface area contributed by atoms with Crippen LogP contribution < -0.4 is 0 Å². The smallest absolute Gasteiger partial charge is 0.179 e. The predicted octanol–water partition coefficient (Wildman–Crippen LogP) is 5.14. The van der Waals surface area contributed by atoms with Crippen molar-refractivity contribution < 1.29 is 4.79 Å². The molecule has 5 heteroatoms. The van der Waals surface area contributed by atoms with Crippen molar-refractivity contribution in [3.8, 4) is 0 Å². The molecular formula is C15H21Cl2NOS. The SMILES string of the molecule is CCC1(CC)CCN(CC(=O)c2cc(Cl)sc2Cl)CC1. The Kier molecular flexibility index (Phi) is 5.52. The summed E-state index contributed by atoms with van der Waals surface area (Å²) in [5.74, 6) is 0.0821. The quantitative estimate of drug-likeness (QED) is 0.695. The Morgan fingerprint density at radius 1 is 1.30 bits per heavy atom. The van der Waals surface area contributed by atoms with Crippen LogP contribution >= 0.6 is 34.5 Å². The average Bonchev–Trinajstić information content (AvgIpc) is 2.79. The Bertz CT molecular complexity index is 472. The van der Waals surface area contributed by atoms with Crippen LogP contribution in [0.1, 0.15) is 49.9 Å². The molecular weight excluding hydrogens is 313 g/mol. The molecule has 0 amide bonds. The van der Waals surface area contributed by atoms with Crippen LogP contribution in [0.5, 0.6) is 0 Å². The van der Waals surface area contributed by atoms with Crippen molar-refractivity contribution in [2.45, 2.75) is 39.5 Å². The summed E-state index contributed by atoms with van der Waals surface area (Å²) in [7, 11) is 0. The lowest BCUT2D eigenvalue weighted by Crippen LogP contribution is -2.41. The number of likely N-dealkylation sites (tertiary alicyclic amines) is 1. The Morgan fingerprint density at radius 2 is 1.90 bits per heavy atom. The van der Waals surface area contributed by atoms with Gasteiger partial charge in [0.2, 0.25) is 0 Å². The normalized spacial score (nSPS) is 19.2. The molecule has 1 aromatic heterocycles. The molecule has 0 unspecified atom stereocenters. The number of thiophene rings is 1. The highest BCUT2D eigenvalue weighted by atomic mass is 35.5. The minimum absolute atomic E-state index is 0.0821. The zero-order valence-electron chi connectivity index (χ0n) is 12.0. The number of carbonyl (C=O) groups is 1. The number of piperidine rings is 1. The van der Waals surface area contributed by atoms with Gasteiger partial charge >= 0.3 is 0 Å². The maximum atomic E-state index is 12.3. The van der Waals surface area contributed by atoms with E-state index in [0.717, 1.165) is 13.1 Å². The Labute approximate surface area is 135 Å². The van der Waals surface area contributed by atoms with Crippen LogP contribution in [0, 0.1) is 5.41 Å². The molecule has 0 spiro atoms. The van der Waals surface area contributed by atoms with Crippen molar-refractivity contribution in [3.63, 3.8) is 0 Å². The fraction of sp³-hybridized carbons (Fsp3) is 0.667. The van der Waals surface area contributed by atoms with Crippen LogP contribution in [0.3, 0.4) is 0 Å². The fourth-order valence-corrected chi connectivity index (χ4v) is 4.46. The average molecular weight is 334 g/mol. The first-order chi connectivity index (χ1) is 9.49. The standard InChI is InChI=1S/C15H21Cl2NOS/c1-3-15(4-2)5-7-18(8-6-15)10-12(19)11-9-13(16)20-14(11)17/h9H,3-8,10H2,1-2H3. The number of carbonyl (C=O) groups excluding carboxylic acids is 1. The number of hydrogen-bond acceptors (Lipinski definition) is 3. The molecule has 1 aliphatic heterocycles. The number of rotatable bonds is 5. The second kappa shape index (κ2) is 6.78. The van der Waals surface area contributed by atoms with E-state index >= 15 is 0 Å². The van der Waals surface area contributed by atoms with Crippen LogP contribution in [0.15, 0.2) is 6.07 Å². The van der Waals surface area contributed by atoms with Gasteiger partial charge in [-0.15, -0.1) is 11.3 Å². The van der Waals surface area contributed by atoms with Crippen LogP contribution in [0.4, 0.5) is 0 Å². The molecule has 2 heterocycles. The van der Waals surface area contributed by atoms with Crippen LogP contribution in [-0.2, 0) is 0 Å². The lowest BCUT2D eigenvalue weighted by Gasteiger charge is -2.40. The van der Waals surface area contributed by atoms with E-state index in [1.165, 1.54) is 37.0 Å². The number of Topliss-reactive ketones (excluding diaryl/α,β-unsaturated/α-hetero) is 1. The van der Waals surface area contributed by atoms with E-state index in [1.807, 2.05) is 0 Å². The molecule has 0 aliphatic carbocycles. The Hall–Kier alpha value is -0.0900. The molecule has 1 fully saturated rings. The maximum absolute atomic E-state index is 12.3. The summed E-state index contributed by atoms with van der Waals surface area (Å²) in [6, 6.07) is 1.68. The van der Waals surface area contributed by atoms with E-state index in [4.69, 9.17) is 23.2 Å². The number of hydrogen-bond donors (Lipinski definition) is 0. The summed E-state index contributed by atoms with van der Waals surface area (Å²) in [6.07, 6.45) is 4.84. The first-order valence-corrected chi connectivity index (χ1v) is 8.77. The molecule has 0 N–H and O–H groups in total. The summed E-state index contributed by atoms with van der Waals surface area (Å²) in [5, 5.41) is 0. The highest BCUT2D eigenvalue weighted by Gasteiger charge is 2.32. The third kappa shape index (κ3) is 3.56. The van der Waals surface area contributed by atoms with Gasteiger partial charge in [0, 0.05) is 0 Å². The van der Waals surface area contributed by atoms with Crippen molar-refractivity contribution in [2.24, 2.45) is 5.41 Å². The molecule has 20 heavy (non-hydrogen) atoms. The van der Waals surface area contributed by atoms with E-state index < -0.39 is 0 Å². The minimum Gasteiger partial charge on any atom is -0.296 e. The van der Waals surface area contributed by atoms with Gasteiger partial charge in [-0.05, 0) is 37.4 Å². The van der Waals surface area contributed by atoms with Crippen molar-refractivity contribution in [1.29, 1.82) is 0 Å². The number of ketones is 1. The third-order valence-corrected chi connectivity index (χ3v) is 6.23. The monoisotopic (exact) mass is 333 g/mol. The van der Waals surface area contributed by atoms with Crippen LogP contribution in [0.25, 0.3) is 0 Å². The molecule has 1 aliphatic rings. The van der Waals surface area contributed by atoms with Crippen molar-refractivity contribution >= 4 is 40.3 Å². The molecule has 0 bridgehead atoms. The summed E-state index contributed by atoms with van der Waals surface area (Å²) < 4.78 is 1.08. The molecule has 0 aromatic carbocycles. The van der Waals surface area contributed by atoms with Gasteiger partial charge < -0.3 is 0 Å². The van der Waals surface area contributed by atoms with E-state index in [0.29, 0.717) is 26.2 Å². The summed E-state index contributed by atoms with van der Waals surface area (Å²) >= 11 is 13.2. The number of halogens is 2. The van der Waals surface area contributed by atoms with Crippen LogP contribution in [-0.4, -0.2) is 30.3 Å². The molecule has 1 saturated heterocycles. The third-order valence-electron chi connectivity index (χ3n) is 4.74. The first-order valence-electron chi connectivity index (χ1n) is 7.20. The van der Waals surface area contributed by atoms with E-state index in [9.17, 15) is 4.79 Å². The highest BCUT2D eigenvalue weighted by molar-refractivity contribution is 7.20. The highest BCUT2D eigenvalue weighted by Crippen LogP contribution is 2.38. The summed E-state index contributed by atoms with van der Waals surface area (Å²) in [5.41, 5.74) is 1.06. The molecule has 1 aromatic rings. The first kappa shape index (κ1) is 16.3. The zero-order chi connectivity index (χ0) is 14.8. The lowest BCUT2D eigenvalue weighted by molar-refractivity contribution is 0.0756. The van der Waals surface area contributed by atoms with E-state index in [2.05, 4.69) is 18.7 Å². The second-order valence-corrected chi connectivity index (χ2v) is 7.93. The molecule has 2 nitrogen and oxygen atoms in total. The molecule has 112 valence electrons. The molecule has 0 saturated carbocycles. The maximum Gasteiger partial charge on any atom is 0.179 e. The van der Waals surface area contributed by atoms with Crippen molar-refractivity contribution in [1.82, 2.24) is 4.90 Å². The second-order valence-electron chi connectivity index (χ2n) is 5.64. The molecule has 0 atom stereocenters. The summed E-state index contributed by atoms with van der Waals surface area (Å²) in [6.45, 7) is 7.01.